The van der Waals surface area contributed by atoms with Gasteiger partial charge >= 0.3 is 0 Å². The first kappa shape index (κ1) is 17.4. The Labute approximate surface area is 160 Å². The summed E-state index contributed by atoms with van der Waals surface area (Å²) in [5.74, 6) is 1.92. The average molecular weight is 388 g/mol. The van der Waals surface area contributed by atoms with E-state index in [9.17, 15) is 4.79 Å². The highest BCUT2D eigenvalue weighted by Gasteiger charge is 2.22. The topological polar surface area (TPSA) is 68.0 Å². The highest BCUT2D eigenvalue weighted by molar-refractivity contribution is 7.15. The third-order valence-corrected chi connectivity index (χ3v) is 6.71. The summed E-state index contributed by atoms with van der Waals surface area (Å²) >= 11 is 3.19. The van der Waals surface area contributed by atoms with Crippen LogP contribution < -0.4 is 5.32 Å². The number of nitrogens with zero attached hydrogens (tertiary/aromatic N) is 2. The molecular weight excluding hydrogens is 366 g/mol. The number of hydrogen-bond donors (Lipinski definition) is 1. The van der Waals surface area contributed by atoms with Crippen LogP contribution in [0.2, 0.25) is 0 Å². The minimum absolute atomic E-state index is 0.0998. The normalized spacial score (nSPS) is 16.5. The molecule has 7 heteroatoms. The van der Waals surface area contributed by atoms with Crippen LogP contribution in [0.25, 0.3) is 10.8 Å². The third kappa shape index (κ3) is 3.59. The number of rotatable bonds is 5. The smallest absolute Gasteiger partial charge is 0.236 e. The van der Waals surface area contributed by atoms with Gasteiger partial charge in [0.15, 0.2) is 5.13 Å². The van der Waals surface area contributed by atoms with E-state index in [4.69, 9.17) is 4.42 Å². The molecule has 26 heavy (non-hydrogen) atoms. The maximum atomic E-state index is 12.4. The van der Waals surface area contributed by atoms with Crippen LogP contribution in [0.4, 0.5) is 5.13 Å². The second-order valence-electron chi connectivity index (χ2n) is 6.63. The number of carbonyl (C=O) groups is 1. The number of thiophene rings is 1. The lowest BCUT2D eigenvalue weighted by Crippen LogP contribution is -2.15. The average Bonchev–Trinajstić information content (AvgIpc) is 3.34. The minimum Gasteiger partial charge on any atom is -0.440 e. The molecule has 0 saturated heterocycles. The van der Waals surface area contributed by atoms with Crippen LogP contribution in [0.1, 0.15) is 41.8 Å². The van der Waals surface area contributed by atoms with E-state index in [1.807, 2.05) is 24.4 Å². The molecule has 136 valence electrons. The van der Waals surface area contributed by atoms with Gasteiger partial charge < -0.3 is 9.73 Å². The molecule has 1 N–H and O–H groups in total. The molecule has 1 aliphatic rings. The molecule has 1 amide bonds. The van der Waals surface area contributed by atoms with Crippen LogP contribution in [0.5, 0.6) is 0 Å². The molecule has 5 nitrogen and oxygen atoms in total. The molecule has 0 aliphatic heterocycles. The largest absolute Gasteiger partial charge is 0.440 e. The molecule has 0 saturated carbocycles. The molecule has 1 aliphatic carbocycles. The van der Waals surface area contributed by atoms with E-state index in [1.54, 1.807) is 22.7 Å². The van der Waals surface area contributed by atoms with E-state index in [0.717, 1.165) is 29.3 Å². The molecule has 0 spiro atoms. The Morgan fingerprint density at radius 2 is 2.31 bits per heavy atom. The highest BCUT2D eigenvalue weighted by atomic mass is 32.1. The Hall–Kier alpha value is -1.99. The third-order valence-electron chi connectivity index (χ3n) is 4.82. The Balaban J connectivity index is 1.43. The number of thiazole rings is 1. The van der Waals surface area contributed by atoms with Crippen molar-refractivity contribution in [2.75, 3.05) is 5.32 Å². The summed E-state index contributed by atoms with van der Waals surface area (Å²) in [6.07, 6.45) is 4.71. The second-order valence-corrected chi connectivity index (χ2v) is 8.66. The number of amides is 1. The number of aromatic nitrogens is 2. The highest BCUT2D eigenvalue weighted by Crippen LogP contribution is 2.33. The predicted octanol–water partition coefficient (Wildman–Crippen LogP) is 4.86. The molecule has 0 aromatic carbocycles. The van der Waals surface area contributed by atoms with Gasteiger partial charge in [0, 0.05) is 4.88 Å². The van der Waals surface area contributed by atoms with Gasteiger partial charge in [0.25, 0.3) is 0 Å². The molecule has 3 aromatic rings. The number of carbonyl (C=O) groups excluding carboxylic acids is 1. The Morgan fingerprint density at radius 1 is 1.42 bits per heavy atom. The van der Waals surface area contributed by atoms with Crippen LogP contribution in [-0.2, 0) is 24.1 Å². The number of anilines is 1. The van der Waals surface area contributed by atoms with E-state index in [-0.39, 0.29) is 12.3 Å². The maximum absolute atomic E-state index is 12.4. The predicted molar refractivity (Wildman–Crippen MR) is 105 cm³/mol. The van der Waals surface area contributed by atoms with Crippen molar-refractivity contribution in [3.63, 3.8) is 0 Å². The maximum Gasteiger partial charge on any atom is 0.236 e. The van der Waals surface area contributed by atoms with Gasteiger partial charge in [-0.25, -0.2) is 9.97 Å². The number of hydrogen-bond acceptors (Lipinski definition) is 6. The monoisotopic (exact) mass is 387 g/mol. The van der Waals surface area contributed by atoms with Gasteiger partial charge in [0.05, 0.1) is 22.7 Å². The van der Waals surface area contributed by atoms with Gasteiger partial charge in [0.1, 0.15) is 5.76 Å². The number of fused-ring (bicyclic) bond motifs is 1. The first-order valence-electron chi connectivity index (χ1n) is 8.91. The van der Waals surface area contributed by atoms with Crippen molar-refractivity contribution in [1.29, 1.82) is 0 Å². The van der Waals surface area contributed by atoms with Crippen molar-refractivity contribution in [2.45, 2.75) is 46.0 Å². The molecule has 1 unspecified atom stereocenters. The van der Waals surface area contributed by atoms with E-state index >= 15 is 0 Å². The fourth-order valence-electron chi connectivity index (χ4n) is 3.26. The molecule has 3 aromatic heterocycles. The number of oxazole rings is 1. The summed E-state index contributed by atoms with van der Waals surface area (Å²) in [6.45, 7) is 4.09. The van der Waals surface area contributed by atoms with Gasteiger partial charge in [-0.05, 0) is 43.6 Å². The standard InChI is InChI=1S/C19H21N3O2S2/c1-3-12-6-7-13-16(9-12)26-19(21-13)22-17(23)10-14-11(2)24-18(20-14)15-5-4-8-25-15/h4-5,8,12H,3,6-7,9-10H2,1-2H3,(H,21,22,23). The summed E-state index contributed by atoms with van der Waals surface area (Å²) < 4.78 is 5.71. The van der Waals surface area contributed by atoms with Crippen molar-refractivity contribution in [2.24, 2.45) is 5.92 Å². The van der Waals surface area contributed by atoms with E-state index in [0.29, 0.717) is 22.5 Å². The minimum atomic E-state index is -0.0998. The van der Waals surface area contributed by atoms with Crippen molar-refractivity contribution in [3.8, 4) is 10.8 Å². The molecule has 1 atom stereocenters. The van der Waals surface area contributed by atoms with E-state index < -0.39 is 0 Å². The Kier molecular flexibility index (Phi) is 4.91. The van der Waals surface area contributed by atoms with Crippen molar-refractivity contribution < 1.29 is 9.21 Å². The van der Waals surface area contributed by atoms with Crippen molar-refractivity contribution in [3.05, 3.63) is 39.5 Å². The molecule has 0 radical (unpaired) electrons. The number of nitrogens with one attached hydrogen (secondary N) is 1. The molecular formula is C19H21N3O2S2. The Morgan fingerprint density at radius 3 is 3.08 bits per heavy atom. The summed E-state index contributed by atoms with van der Waals surface area (Å²) in [5.41, 5.74) is 1.84. The lowest BCUT2D eigenvalue weighted by atomic mass is 9.89. The summed E-state index contributed by atoms with van der Waals surface area (Å²) in [6, 6.07) is 3.92. The fourth-order valence-corrected chi connectivity index (χ4v) is 5.05. The Bertz CT molecular complexity index is 912. The van der Waals surface area contributed by atoms with Gasteiger partial charge in [-0.1, -0.05) is 19.4 Å². The van der Waals surface area contributed by atoms with Gasteiger partial charge in [0.2, 0.25) is 11.8 Å². The first-order valence-corrected chi connectivity index (χ1v) is 10.6. The van der Waals surface area contributed by atoms with Gasteiger partial charge in [-0.3, -0.25) is 4.79 Å². The zero-order chi connectivity index (χ0) is 18.1. The summed E-state index contributed by atoms with van der Waals surface area (Å²) in [7, 11) is 0. The SMILES string of the molecule is CCC1CCc2nc(NC(=O)Cc3nc(-c4cccs4)oc3C)sc2C1. The summed E-state index contributed by atoms with van der Waals surface area (Å²) in [4.78, 5) is 23.8. The zero-order valence-corrected chi connectivity index (χ0v) is 16.5. The molecule has 4 rings (SSSR count). The van der Waals surface area contributed by atoms with Crippen LogP contribution in [0.15, 0.2) is 21.9 Å². The fraction of sp³-hybridized carbons (Fsp3) is 0.421. The number of aryl methyl sites for hydroxylation is 2. The van der Waals surface area contributed by atoms with Crippen molar-refractivity contribution in [1.82, 2.24) is 9.97 Å². The van der Waals surface area contributed by atoms with Crippen LogP contribution in [-0.4, -0.2) is 15.9 Å². The van der Waals surface area contributed by atoms with Crippen LogP contribution in [0.3, 0.4) is 0 Å². The van der Waals surface area contributed by atoms with E-state index in [2.05, 4.69) is 22.2 Å². The van der Waals surface area contributed by atoms with Crippen LogP contribution >= 0.6 is 22.7 Å². The van der Waals surface area contributed by atoms with E-state index in [1.165, 1.54) is 17.7 Å². The van der Waals surface area contributed by atoms with Gasteiger partial charge in [-0.2, -0.15) is 0 Å². The van der Waals surface area contributed by atoms with Gasteiger partial charge in [-0.15, -0.1) is 22.7 Å². The second kappa shape index (κ2) is 7.32. The molecule has 0 bridgehead atoms. The lowest BCUT2D eigenvalue weighted by Gasteiger charge is -2.18. The lowest BCUT2D eigenvalue weighted by molar-refractivity contribution is -0.115. The summed E-state index contributed by atoms with van der Waals surface area (Å²) in [5, 5.41) is 5.63. The quantitative estimate of drug-likeness (QED) is 0.678. The molecule has 3 heterocycles. The zero-order valence-electron chi connectivity index (χ0n) is 14.9. The van der Waals surface area contributed by atoms with Crippen molar-refractivity contribution >= 4 is 33.7 Å². The van der Waals surface area contributed by atoms with Crippen LogP contribution in [0, 0.1) is 12.8 Å². The molecule has 0 fully saturated rings. The first-order chi connectivity index (χ1) is 12.6.